The highest BCUT2D eigenvalue weighted by atomic mass is 14.0. The Hall–Kier alpha value is -1.04. The van der Waals surface area contributed by atoms with Gasteiger partial charge < -0.3 is 0 Å². The van der Waals surface area contributed by atoms with Gasteiger partial charge in [-0.25, -0.2) is 0 Å². The van der Waals surface area contributed by atoms with Gasteiger partial charge in [0.05, 0.1) is 0 Å². The van der Waals surface area contributed by atoms with E-state index in [0.717, 1.165) is 0 Å². The number of hydrogen-bond acceptors (Lipinski definition) is 0. The van der Waals surface area contributed by atoms with Gasteiger partial charge in [-0.05, 0) is 30.9 Å². The minimum Gasteiger partial charge on any atom is -0.0871 e. The summed E-state index contributed by atoms with van der Waals surface area (Å²) in [7, 11) is 0. The standard InChI is InChI=1S/C13H18/c1-3-5-9-13-11-7-6-10-12(13)8-4-2/h4,6-8,10-11H,3,5,9H2,1-2H3. The van der Waals surface area contributed by atoms with E-state index in [2.05, 4.69) is 50.3 Å². The van der Waals surface area contributed by atoms with Crippen molar-refractivity contribution in [2.24, 2.45) is 0 Å². The summed E-state index contributed by atoms with van der Waals surface area (Å²) in [6, 6.07) is 8.64. The van der Waals surface area contributed by atoms with E-state index in [4.69, 9.17) is 0 Å². The molecule has 0 unspecified atom stereocenters. The predicted molar refractivity (Wildman–Crippen MR) is 59.8 cm³/mol. The first kappa shape index (κ1) is 10.0. The Bertz CT molecular complexity index is 271. The second kappa shape index (κ2) is 5.58. The van der Waals surface area contributed by atoms with Crippen molar-refractivity contribution in [3.63, 3.8) is 0 Å². The van der Waals surface area contributed by atoms with Crippen LogP contribution in [0.3, 0.4) is 0 Å². The smallest absolute Gasteiger partial charge is 0.0228 e. The van der Waals surface area contributed by atoms with Crippen LogP contribution >= 0.6 is 0 Å². The van der Waals surface area contributed by atoms with Crippen molar-refractivity contribution in [2.45, 2.75) is 33.1 Å². The van der Waals surface area contributed by atoms with Crippen LogP contribution in [0.1, 0.15) is 37.8 Å². The van der Waals surface area contributed by atoms with Gasteiger partial charge in [0, 0.05) is 0 Å². The zero-order valence-corrected chi connectivity index (χ0v) is 8.59. The van der Waals surface area contributed by atoms with E-state index in [1.807, 2.05) is 0 Å². The molecule has 0 amide bonds. The molecule has 0 aliphatic carbocycles. The Morgan fingerprint density at radius 3 is 2.69 bits per heavy atom. The summed E-state index contributed by atoms with van der Waals surface area (Å²) < 4.78 is 0. The van der Waals surface area contributed by atoms with Crippen LogP contribution in [0.2, 0.25) is 0 Å². The van der Waals surface area contributed by atoms with Gasteiger partial charge >= 0.3 is 0 Å². The Balaban J connectivity index is 2.78. The van der Waals surface area contributed by atoms with Crippen LogP contribution < -0.4 is 0 Å². The summed E-state index contributed by atoms with van der Waals surface area (Å²) in [6.07, 6.45) is 8.05. The van der Waals surface area contributed by atoms with E-state index in [0.29, 0.717) is 0 Å². The summed E-state index contributed by atoms with van der Waals surface area (Å²) in [4.78, 5) is 0. The third kappa shape index (κ3) is 3.06. The second-order valence-electron chi connectivity index (χ2n) is 3.30. The molecular weight excluding hydrogens is 156 g/mol. The van der Waals surface area contributed by atoms with Crippen molar-refractivity contribution < 1.29 is 0 Å². The number of aryl methyl sites for hydroxylation is 1. The fourth-order valence-electron chi connectivity index (χ4n) is 1.47. The number of allylic oxidation sites excluding steroid dienone is 1. The van der Waals surface area contributed by atoms with Gasteiger partial charge in [0.25, 0.3) is 0 Å². The maximum atomic E-state index is 2.23. The molecule has 1 rings (SSSR count). The average Bonchev–Trinajstić information content (AvgIpc) is 2.17. The molecule has 70 valence electrons. The van der Waals surface area contributed by atoms with Crippen molar-refractivity contribution in [2.75, 3.05) is 0 Å². The van der Waals surface area contributed by atoms with Gasteiger partial charge in [-0.2, -0.15) is 0 Å². The van der Waals surface area contributed by atoms with E-state index in [9.17, 15) is 0 Å². The molecule has 0 heterocycles. The van der Waals surface area contributed by atoms with Crippen molar-refractivity contribution >= 4 is 6.08 Å². The molecule has 0 aliphatic heterocycles. The van der Waals surface area contributed by atoms with Crippen LogP contribution in [0.25, 0.3) is 6.08 Å². The largest absolute Gasteiger partial charge is 0.0871 e. The van der Waals surface area contributed by atoms with Crippen molar-refractivity contribution in [3.8, 4) is 0 Å². The molecule has 1 aromatic carbocycles. The van der Waals surface area contributed by atoms with E-state index in [1.165, 1.54) is 30.4 Å². The zero-order valence-electron chi connectivity index (χ0n) is 8.59. The first-order valence-corrected chi connectivity index (χ1v) is 5.09. The van der Waals surface area contributed by atoms with Gasteiger partial charge in [-0.3, -0.25) is 0 Å². The number of benzene rings is 1. The number of hydrogen-bond donors (Lipinski definition) is 0. The van der Waals surface area contributed by atoms with Gasteiger partial charge in [-0.15, -0.1) is 0 Å². The third-order valence-electron chi connectivity index (χ3n) is 2.20. The summed E-state index contributed by atoms with van der Waals surface area (Å²) >= 11 is 0. The Morgan fingerprint density at radius 1 is 1.23 bits per heavy atom. The summed E-state index contributed by atoms with van der Waals surface area (Å²) in [5.74, 6) is 0. The van der Waals surface area contributed by atoms with Gasteiger partial charge in [0.1, 0.15) is 0 Å². The molecule has 0 fully saturated rings. The van der Waals surface area contributed by atoms with E-state index in [-0.39, 0.29) is 0 Å². The molecule has 0 saturated carbocycles. The minimum atomic E-state index is 1.21. The molecule has 0 atom stereocenters. The molecular formula is C13H18. The maximum Gasteiger partial charge on any atom is -0.0228 e. The molecule has 0 nitrogen and oxygen atoms in total. The Morgan fingerprint density at radius 2 is 2.00 bits per heavy atom. The van der Waals surface area contributed by atoms with Gasteiger partial charge in [-0.1, -0.05) is 49.8 Å². The molecule has 0 aliphatic rings. The molecule has 13 heavy (non-hydrogen) atoms. The predicted octanol–water partition coefficient (Wildman–Crippen LogP) is 4.06. The third-order valence-corrected chi connectivity index (χ3v) is 2.20. The quantitative estimate of drug-likeness (QED) is 0.645. The lowest BCUT2D eigenvalue weighted by atomic mass is 10.0. The van der Waals surface area contributed by atoms with Crippen LogP contribution in [0, 0.1) is 0 Å². The first-order valence-electron chi connectivity index (χ1n) is 5.09. The average molecular weight is 174 g/mol. The summed E-state index contributed by atoms with van der Waals surface area (Å²) in [5.41, 5.74) is 2.85. The van der Waals surface area contributed by atoms with Gasteiger partial charge in [0.2, 0.25) is 0 Å². The lowest BCUT2D eigenvalue weighted by Crippen LogP contribution is -1.88. The van der Waals surface area contributed by atoms with Crippen LogP contribution in [-0.4, -0.2) is 0 Å². The molecule has 0 aromatic heterocycles. The van der Waals surface area contributed by atoms with E-state index < -0.39 is 0 Å². The number of rotatable bonds is 4. The maximum absolute atomic E-state index is 2.23. The van der Waals surface area contributed by atoms with Crippen molar-refractivity contribution in [1.29, 1.82) is 0 Å². The topological polar surface area (TPSA) is 0 Å². The lowest BCUT2D eigenvalue weighted by Gasteiger charge is -2.04. The van der Waals surface area contributed by atoms with Gasteiger partial charge in [0.15, 0.2) is 0 Å². The van der Waals surface area contributed by atoms with Crippen molar-refractivity contribution in [1.82, 2.24) is 0 Å². The monoisotopic (exact) mass is 174 g/mol. The van der Waals surface area contributed by atoms with E-state index >= 15 is 0 Å². The molecule has 0 N–H and O–H groups in total. The first-order chi connectivity index (χ1) is 6.38. The fraction of sp³-hybridized carbons (Fsp3) is 0.385. The Labute approximate surface area is 81.3 Å². The highest BCUT2D eigenvalue weighted by Crippen LogP contribution is 2.13. The zero-order chi connectivity index (χ0) is 9.52. The molecule has 0 spiro atoms. The van der Waals surface area contributed by atoms with Crippen LogP contribution in [0.5, 0.6) is 0 Å². The molecule has 0 heteroatoms. The summed E-state index contributed by atoms with van der Waals surface area (Å²) in [5, 5.41) is 0. The highest BCUT2D eigenvalue weighted by molar-refractivity contribution is 5.53. The minimum absolute atomic E-state index is 1.21. The second-order valence-corrected chi connectivity index (χ2v) is 3.30. The number of unbranched alkanes of at least 4 members (excludes halogenated alkanes) is 1. The Kier molecular flexibility index (Phi) is 4.31. The molecule has 0 bridgehead atoms. The SMILES string of the molecule is CC=Cc1ccccc1CCCC. The normalized spacial score (nSPS) is 10.9. The van der Waals surface area contributed by atoms with E-state index in [1.54, 1.807) is 0 Å². The fourth-order valence-corrected chi connectivity index (χ4v) is 1.47. The van der Waals surface area contributed by atoms with Crippen molar-refractivity contribution in [3.05, 3.63) is 41.5 Å². The van der Waals surface area contributed by atoms with Crippen LogP contribution in [-0.2, 0) is 6.42 Å². The molecule has 0 saturated heterocycles. The summed E-state index contributed by atoms with van der Waals surface area (Å²) in [6.45, 7) is 4.30. The van der Waals surface area contributed by atoms with Crippen LogP contribution in [0.4, 0.5) is 0 Å². The molecule has 1 aromatic rings. The molecule has 0 radical (unpaired) electrons. The highest BCUT2D eigenvalue weighted by Gasteiger charge is 1.96. The lowest BCUT2D eigenvalue weighted by molar-refractivity contribution is 0.794. The van der Waals surface area contributed by atoms with Crippen LogP contribution in [0.15, 0.2) is 30.3 Å².